The van der Waals surface area contributed by atoms with Crippen LogP contribution in [0.5, 0.6) is 0 Å². The number of pyridine rings is 1. The fourth-order valence-electron chi connectivity index (χ4n) is 3.85. The van der Waals surface area contributed by atoms with Crippen molar-refractivity contribution in [2.45, 2.75) is 39.2 Å². The lowest BCUT2D eigenvalue weighted by Gasteiger charge is -2.47. The lowest BCUT2D eigenvalue weighted by molar-refractivity contribution is -0.139. The molecule has 7 heteroatoms. The average molecular weight is 351 g/mol. The molecule has 0 saturated carbocycles. The zero-order chi connectivity index (χ0) is 17.2. The lowest BCUT2D eigenvalue weighted by atomic mass is 9.74. The third-order valence-electron chi connectivity index (χ3n) is 5.21. The number of amides is 1. The van der Waals surface area contributed by atoms with E-state index in [0.29, 0.717) is 32.6 Å². The van der Waals surface area contributed by atoms with E-state index in [-0.39, 0.29) is 17.1 Å². The van der Waals surface area contributed by atoms with Gasteiger partial charge in [0.1, 0.15) is 0 Å². The van der Waals surface area contributed by atoms with Crippen molar-refractivity contribution in [1.29, 1.82) is 0 Å². The maximum Gasteiger partial charge on any atom is 0.222 e. The molecule has 0 aliphatic carbocycles. The van der Waals surface area contributed by atoms with E-state index in [4.69, 9.17) is 0 Å². The van der Waals surface area contributed by atoms with Crippen LogP contribution >= 0.6 is 0 Å². The summed E-state index contributed by atoms with van der Waals surface area (Å²) in [7, 11) is -3.17. The Kier molecular flexibility index (Phi) is 4.92. The van der Waals surface area contributed by atoms with Gasteiger partial charge in [0, 0.05) is 37.7 Å². The van der Waals surface area contributed by atoms with E-state index in [0.717, 1.165) is 25.0 Å². The molecule has 0 bridgehead atoms. The topological polar surface area (TPSA) is 70.6 Å². The van der Waals surface area contributed by atoms with Crippen molar-refractivity contribution in [3.63, 3.8) is 0 Å². The Bertz CT molecular complexity index is 692. The molecule has 3 heterocycles. The Morgan fingerprint density at radius 3 is 2.79 bits per heavy atom. The first kappa shape index (κ1) is 17.4. The quantitative estimate of drug-likeness (QED) is 0.827. The largest absolute Gasteiger partial charge is 0.336 e. The first-order valence-electron chi connectivity index (χ1n) is 8.60. The minimum atomic E-state index is -3.17. The molecule has 1 aromatic rings. The number of rotatable bonds is 4. The van der Waals surface area contributed by atoms with Crippen LogP contribution in [0.3, 0.4) is 0 Å². The summed E-state index contributed by atoms with van der Waals surface area (Å²) in [4.78, 5) is 18.5. The molecule has 2 saturated heterocycles. The minimum absolute atomic E-state index is 0.108. The molecule has 3 rings (SSSR count). The molecule has 0 aromatic carbocycles. The average Bonchev–Trinajstić information content (AvgIpc) is 2.59. The van der Waals surface area contributed by atoms with Crippen LogP contribution in [-0.2, 0) is 21.4 Å². The number of piperidine rings is 2. The second kappa shape index (κ2) is 6.80. The van der Waals surface area contributed by atoms with Crippen LogP contribution in [0.15, 0.2) is 24.4 Å². The van der Waals surface area contributed by atoms with Crippen LogP contribution in [-0.4, -0.2) is 53.9 Å². The lowest BCUT2D eigenvalue weighted by Crippen LogP contribution is -2.55. The Morgan fingerprint density at radius 2 is 2.08 bits per heavy atom. The third-order valence-corrected chi connectivity index (χ3v) is 7.04. The van der Waals surface area contributed by atoms with Gasteiger partial charge >= 0.3 is 0 Å². The molecule has 132 valence electrons. The van der Waals surface area contributed by atoms with Crippen molar-refractivity contribution in [1.82, 2.24) is 14.2 Å². The second-order valence-electron chi connectivity index (χ2n) is 6.91. The Labute approximate surface area is 143 Å². The van der Waals surface area contributed by atoms with E-state index in [1.807, 2.05) is 23.1 Å². The smallest absolute Gasteiger partial charge is 0.222 e. The first-order chi connectivity index (χ1) is 11.4. The van der Waals surface area contributed by atoms with Gasteiger partial charge in [-0.3, -0.25) is 9.78 Å². The van der Waals surface area contributed by atoms with Gasteiger partial charge in [-0.25, -0.2) is 12.7 Å². The Morgan fingerprint density at radius 1 is 1.25 bits per heavy atom. The van der Waals surface area contributed by atoms with Crippen molar-refractivity contribution in [3.05, 3.63) is 30.1 Å². The van der Waals surface area contributed by atoms with Gasteiger partial charge in [-0.1, -0.05) is 6.07 Å². The highest BCUT2D eigenvalue weighted by Crippen LogP contribution is 2.40. The summed E-state index contributed by atoms with van der Waals surface area (Å²) >= 11 is 0. The molecule has 2 aliphatic rings. The zero-order valence-electron chi connectivity index (χ0n) is 14.1. The molecule has 1 atom stereocenters. The fourth-order valence-corrected chi connectivity index (χ4v) is 5.09. The molecule has 6 nitrogen and oxygen atoms in total. The molecule has 2 aliphatic heterocycles. The summed E-state index contributed by atoms with van der Waals surface area (Å²) < 4.78 is 26.1. The van der Waals surface area contributed by atoms with Crippen molar-refractivity contribution in [3.8, 4) is 0 Å². The summed E-state index contributed by atoms with van der Waals surface area (Å²) in [6.45, 7) is 3.95. The van der Waals surface area contributed by atoms with Gasteiger partial charge in [0.15, 0.2) is 0 Å². The van der Waals surface area contributed by atoms with Crippen molar-refractivity contribution in [2.75, 3.05) is 25.4 Å². The molecule has 24 heavy (non-hydrogen) atoms. The van der Waals surface area contributed by atoms with Crippen molar-refractivity contribution >= 4 is 15.9 Å². The summed E-state index contributed by atoms with van der Waals surface area (Å²) in [6.07, 6.45) is 4.85. The molecule has 1 spiro atoms. The van der Waals surface area contributed by atoms with E-state index >= 15 is 0 Å². The summed E-state index contributed by atoms with van der Waals surface area (Å²) in [5.41, 5.74) is 0.764. The normalized spacial score (nSPS) is 26.0. The van der Waals surface area contributed by atoms with E-state index < -0.39 is 10.0 Å². The fraction of sp³-hybridized carbons (Fsp3) is 0.647. The molecule has 1 unspecified atom stereocenters. The number of aromatic nitrogens is 1. The first-order valence-corrected chi connectivity index (χ1v) is 10.2. The molecule has 2 fully saturated rings. The molecular weight excluding hydrogens is 326 g/mol. The van der Waals surface area contributed by atoms with Crippen LogP contribution in [0.2, 0.25) is 0 Å². The molecule has 0 radical (unpaired) electrons. The SMILES string of the molecule is CCS(=O)(=O)N1CCCC2(CCC(=O)N(Cc3ccccn3)C2)C1. The van der Waals surface area contributed by atoms with Gasteiger partial charge < -0.3 is 4.90 Å². The molecular formula is C17H25N3O3S. The van der Waals surface area contributed by atoms with E-state index in [2.05, 4.69) is 4.98 Å². The number of sulfonamides is 1. The maximum atomic E-state index is 12.3. The van der Waals surface area contributed by atoms with E-state index in [1.165, 1.54) is 0 Å². The minimum Gasteiger partial charge on any atom is -0.336 e. The number of hydrogen-bond donors (Lipinski definition) is 0. The predicted molar refractivity (Wildman–Crippen MR) is 91.6 cm³/mol. The van der Waals surface area contributed by atoms with Crippen LogP contribution in [0.25, 0.3) is 0 Å². The third kappa shape index (κ3) is 3.62. The monoisotopic (exact) mass is 351 g/mol. The van der Waals surface area contributed by atoms with Gasteiger partial charge in [-0.05, 0) is 38.3 Å². The number of carbonyl (C=O) groups is 1. The molecule has 1 aromatic heterocycles. The second-order valence-corrected chi connectivity index (χ2v) is 9.17. The highest BCUT2D eigenvalue weighted by Gasteiger charge is 2.43. The standard InChI is InChI=1S/C17H25N3O3S/c1-2-24(22,23)20-11-5-8-17(14-20)9-7-16(21)19(13-17)12-15-6-3-4-10-18-15/h3-4,6,10H,2,5,7-9,11-14H2,1H3. The van der Waals surface area contributed by atoms with Gasteiger partial charge in [0.05, 0.1) is 18.0 Å². The molecule has 1 amide bonds. The highest BCUT2D eigenvalue weighted by molar-refractivity contribution is 7.89. The summed E-state index contributed by atoms with van der Waals surface area (Å²) in [5, 5.41) is 0. The van der Waals surface area contributed by atoms with Crippen molar-refractivity contribution < 1.29 is 13.2 Å². The van der Waals surface area contributed by atoms with E-state index in [9.17, 15) is 13.2 Å². The van der Waals surface area contributed by atoms with E-state index in [1.54, 1.807) is 17.4 Å². The summed E-state index contributed by atoms with van der Waals surface area (Å²) in [5.74, 6) is 0.279. The predicted octanol–water partition coefficient (Wildman–Crippen LogP) is 1.64. The van der Waals surface area contributed by atoms with Gasteiger partial charge in [0.2, 0.25) is 15.9 Å². The van der Waals surface area contributed by atoms with Gasteiger partial charge in [-0.15, -0.1) is 0 Å². The van der Waals surface area contributed by atoms with Crippen LogP contribution in [0.4, 0.5) is 0 Å². The highest BCUT2D eigenvalue weighted by atomic mass is 32.2. The summed E-state index contributed by atoms with van der Waals surface area (Å²) in [6, 6.07) is 5.70. The number of hydrogen-bond acceptors (Lipinski definition) is 4. The number of carbonyl (C=O) groups excluding carboxylic acids is 1. The van der Waals surface area contributed by atoms with Crippen LogP contribution in [0, 0.1) is 5.41 Å². The van der Waals surface area contributed by atoms with Crippen LogP contribution < -0.4 is 0 Å². The Hall–Kier alpha value is -1.47. The van der Waals surface area contributed by atoms with Crippen molar-refractivity contribution in [2.24, 2.45) is 5.41 Å². The van der Waals surface area contributed by atoms with Gasteiger partial charge in [-0.2, -0.15) is 0 Å². The van der Waals surface area contributed by atoms with Gasteiger partial charge in [0.25, 0.3) is 0 Å². The number of likely N-dealkylation sites (tertiary alicyclic amines) is 1. The van der Waals surface area contributed by atoms with Crippen LogP contribution in [0.1, 0.15) is 38.3 Å². The maximum absolute atomic E-state index is 12.3. The molecule has 0 N–H and O–H groups in total. The zero-order valence-corrected chi connectivity index (χ0v) is 15.0. The Balaban J connectivity index is 1.75. The number of nitrogens with zero attached hydrogens (tertiary/aromatic N) is 3.